The molecule has 1 heterocycles. The Kier molecular flexibility index (Phi) is 6.75. The van der Waals surface area contributed by atoms with Crippen molar-refractivity contribution in [2.24, 2.45) is 0 Å². The molecule has 1 saturated heterocycles. The molecule has 2 aromatic carbocycles. The quantitative estimate of drug-likeness (QED) is 0.446. The number of carbonyl (C=O) groups excluding carboxylic acids is 1. The van der Waals surface area contributed by atoms with Crippen molar-refractivity contribution in [2.75, 3.05) is 13.2 Å². The Morgan fingerprint density at radius 1 is 1.11 bits per heavy atom. The Hall–Kier alpha value is -2.31. The molecule has 146 valence electrons. The van der Waals surface area contributed by atoms with Gasteiger partial charge in [0.05, 0.1) is 24.2 Å². The molecular formula is C22H23NO3S2. The molecule has 1 atom stereocenters. The van der Waals surface area contributed by atoms with Gasteiger partial charge in [-0.3, -0.25) is 9.69 Å². The summed E-state index contributed by atoms with van der Waals surface area (Å²) in [6.45, 7) is 6.97. The lowest BCUT2D eigenvalue weighted by Crippen LogP contribution is -2.30. The predicted octanol–water partition coefficient (Wildman–Crippen LogP) is 5.45. The van der Waals surface area contributed by atoms with Crippen molar-refractivity contribution in [1.82, 2.24) is 4.90 Å². The molecular weight excluding hydrogens is 390 g/mol. The van der Waals surface area contributed by atoms with Crippen LogP contribution in [0, 0.1) is 0 Å². The first-order valence-electron chi connectivity index (χ1n) is 9.26. The second kappa shape index (κ2) is 9.26. The standard InChI is InChI=1S/C22H23NO3S2/c1-4-25-18-12-11-17(19(14-18)26-5-2)13-20-21(24)23(22(27)28-20)15(3)16-9-7-6-8-10-16/h6-15H,4-5H2,1-3H3/b20-13-/t15-/m1/s1. The van der Waals surface area contributed by atoms with Crippen LogP contribution in [0.25, 0.3) is 6.08 Å². The van der Waals surface area contributed by atoms with Gasteiger partial charge in [0.1, 0.15) is 15.8 Å². The number of thioether (sulfide) groups is 1. The van der Waals surface area contributed by atoms with Crippen molar-refractivity contribution in [3.63, 3.8) is 0 Å². The van der Waals surface area contributed by atoms with E-state index in [0.29, 0.717) is 28.2 Å². The van der Waals surface area contributed by atoms with Crippen molar-refractivity contribution in [2.45, 2.75) is 26.8 Å². The molecule has 0 spiro atoms. The maximum Gasteiger partial charge on any atom is 0.266 e. The predicted molar refractivity (Wildman–Crippen MR) is 119 cm³/mol. The van der Waals surface area contributed by atoms with Gasteiger partial charge in [-0.15, -0.1) is 0 Å². The smallest absolute Gasteiger partial charge is 0.266 e. The molecule has 4 nitrogen and oxygen atoms in total. The van der Waals surface area contributed by atoms with E-state index in [9.17, 15) is 4.79 Å². The lowest BCUT2D eigenvalue weighted by molar-refractivity contribution is -0.123. The zero-order chi connectivity index (χ0) is 20.1. The van der Waals surface area contributed by atoms with Gasteiger partial charge in [0.25, 0.3) is 5.91 Å². The Balaban J connectivity index is 1.89. The van der Waals surface area contributed by atoms with Crippen LogP contribution in [0.5, 0.6) is 11.5 Å². The normalized spacial score (nSPS) is 16.5. The van der Waals surface area contributed by atoms with Gasteiger partial charge in [-0.05, 0) is 44.5 Å². The number of amides is 1. The number of benzene rings is 2. The fraction of sp³-hybridized carbons (Fsp3) is 0.273. The SMILES string of the molecule is CCOc1ccc(/C=C2\SC(=S)N([C@H](C)c3ccccc3)C2=O)c(OCC)c1. The molecule has 3 rings (SSSR count). The first-order valence-corrected chi connectivity index (χ1v) is 10.5. The highest BCUT2D eigenvalue weighted by atomic mass is 32.2. The number of carbonyl (C=O) groups is 1. The Bertz CT molecular complexity index is 896. The summed E-state index contributed by atoms with van der Waals surface area (Å²) in [6, 6.07) is 15.4. The first kappa shape index (κ1) is 20.4. The zero-order valence-electron chi connectivity index (χ0n) is 16.2. The monoisotopic (exact) mass is 413 g/mol. The molecule has 0 unspecified atom stereocenters. The second-order valence-corrected chi connectivity index (χ2v) is 7.88. The van der Waals surface area contributed by atoms with Gasteiger partial charge >= 0.3 is 0 Å². The number of hydrogen-bond donors (Lipinski definition) is 0. The van der Waals surface area contributed by atoms with E-state index in [1.54, 1.807) is 4.90 Å². The zero-order valence-corrected chi connectivity index (χ0v) is 17.8. The van der Waals surface area contributed by atoms with Crippen molar-refractivity contribution < 1.29 is 14.3 Å². The van der Waals surface area contributed by atoms with E-state index < -0.39 is 0 Å². The van der Waals surface area contributed by atoms with E-state index in [-0.39, 0.29) is 11.9 Å². The van der Waals surface area contributed by atoms with Gasteiger partial charge in [-0.1, -0.05) is 54.3 Å². The highest BCUT2D eigenvalue weighted by molar-refractivity contribution is 8.26. The minimum absolute atomic E-state index is 0.0808. The van der Waals surface area contributed by atoms with E-state index in [2.05, 4.69) is 0 Å². The Morgan fingerprint density at radius 3 is 2.50 bits per heavy atom. The maximum absolute atomic E-state index is 13.1. The third-order valence-electron chi connectivity index (χ3n) is 4.38. The summed E-state index contributed by atoms with van der Waals surface area (Å²) in [6.07, 6.45) is 1.84. The second-order valence-electron chi connectivity index (χ2n) is 6.20. The minimum atomic E-state index is -0.119. The molecule has 1 fully saturated rings. The average Bonchev–Trinajstić information content (AvgIpc) is 2.97. The average molecular weight is 414 g/mol. The van der Waals surface area contributed by atoms with E-state index in [1.807, 2.05) is 75.4 Å². The molecule has 1 amide bonds. The van der Waals surface area contributed by atoms with Crippen LogP contribution in [0.3, 0.4) is 0 Å². The number of rotatable bonds is 7. The highest BCUT2D eigenvalue weighted by Gasteiger charge is 2.36. The highest BCUT2D eigenvalue weighted by Crippen LogP contribution is 2.39. The van der Waals surface area contributed by atoms with Crippen molar-refractivity contribution in [1.29, 1.82) is 0 Å². The summed E-state index contributed by atoms with van der Waals surface area (Å²) < 4.78 is 11.9. The van der Waals surface area contributed by atoms with Gasteiger partial charge in [0.15, 0.2) is 0 Å². The Morgan fingerprint density at radius 2 is 1.82 bits per heavy atom. The van der Waals surface area contributed by atoms with Crippen LogP contribution in [0.1, 0.15) is 37.9 Å². The molecule has 0 saturated carbocycles. The molecule has 2 aromatic rings. The fourth-order valence-corrected chi connectivity index (χ4v) is 4.42. The molecule has 28 heavy (non-hydrogen) atoms. The molecule has 6 heteroatoms. The topological polar surface area (TPSA) is 38.8 Å². The van der Waals surface area contributed by atoms with Crippen LogP contribution in [-0.4, -0.2) is 28.3 Å². The van der Waals surface area contributed by atoms with E-state index in [4.69, 9.17) is 21.7 Å². The third-order valence-corrected chi connectivity index (χ3v) is 5.71. The van der Waals surface area contributed by atoms with Gasteiger partial charge in [-0.25, -0.2) is 0 Å². The molecule has 1 aliphatic rings. The first-order chi connectivity index (χ1) is 13.5. The number of hydrogen-bond acceptors (Lipinski definition) is 5. The molecule has 0 aromatic heterocycles. The maximum atomic E-state index is 13.1. The Labute approximate surface area is 175 Å². The fourth-order valence-electron chi connectivity index (χ4n) is 3.01. The van der Waals surface area contributed by atoms with Crippen LogP contribution in [0.15, 0.2) is 53.4 Å². The summed E-state index contributed by atoms with van der Waals surface area (Å²) in [7, 11) is 0. The lowest BCUT2D eigenvalue weighted by atomic mass is 10.1. The summed E-state index contributed by atoms with van der Waals surface area (Å²) in [5.41, 5.74) is 1.88. The number of nitrogens with zero attached hydrogens (tertiary/aromatic N) is 1. The number of thiocarbonyl (C=S) groups is 1. The van der Waals surface area contributed by atoms with Gasteiger partial charge in [0, 0.05) is 11.6 Å². The summed E-state index contributed by atoms with van der Waals surface area (Å²) in [5.74, 6) is 1.35. The van der Waals surface area contributed by atoms with Crippen molar-refractivity contribution in [3.8, 4) is 11.5 Å². The molecule has 0 N–H and O–H groups in total. The van der Waals surface area contributed by atoms with Crippen LogP contribution < -0.4 is 9.47 Å². The van der Waals surface area contributed by atoms with Crippen LogP contribution in [0.2, 0.25) is 0 Å². The summed E-state index contributed by atoms with van der Waals surface area (Å²) >= 11 is 6.83. The molecule has 0 radical (unpaired) electrons. The van der Waals surface area contributed by atoms with Gasteiger partial charge in [-0.2, -0.15) is 0 Å². The number of ether oxygens (including phenoxy) is 2. The molecule has 1 aliphatic heterocycles. The van der Waals surface area contributed by atoms with E-state index >= 15 is 0 Å². The summed E-state index contributed by atoms with van der Waals surface area (Å²) in [4.78, 5) is 15.3. The van der Waals surface area contributed by atoms with Crippen LogP contribution in [0.4, 0.5) is 0 Å². The van der Waals surface area contributed by atoms with Gasteiger partial charge < -0.3 is 9.47 Å². The minimum Gasteiger partial charge on any atom is -0.494 e. The van der Waals surface area contributed by atoms with Crippen molar-refractivity contribution in [3.05, 3.63) is 64.6 Å². The van der Waals surface area contributed by atoms with Gasteiger partial charge in [0.2, 0.25) is 0 Å². The van der Waals surface area contributed by atoms with E-state index in [1.165, 1.54) is 11.8 Å². The van der Waals surface area contributed by atoms with Crippen LogP contribution in [-0.2, 0) is 4.79 Å². The molecule has 0 bridgehead atoms. The lowest BCUT2D eigenvalue weighted by Gasteiger charge is -2.23. The molecule has 0 aliphatic carbocycles. The summed E-state index contributed by atoms with van der Waals surface area (Å²) in [5, 5.41) is 0. The third kappa shape index (κ3) is 4.39. The largest absolute Gasteiger partial charge is 0.494 e. The van der Waals surface area contributed by atoms with Crippen molar-refractivity contribution >= 4 is 40.3 Å². The van der Waals surface area contributed by atoms with Crippen LogP contribution >= 0.6 is 24.0 Å². The van der Waals surface area contributed by atoms with E-state index in [0.717, 1.165) is 16.9 Å².